The molecule has 2 aromatic rings. The molecule has 4 rings (SSSR count). The number of likely N-dealkylation sites (tertiary alicyclic amines) is 1. The lowest BCUT2D eigenvalue weighted by molar-refractivity contribution is -0.158. The van der Waals surface area contributed by atoms with Crippen LogP contribution < -0.4 is 0 Å². The number of amides is 3. The van der Waals surface area contributed by atoms with Crippen LogP contribution in [0.3, 0.4) is 0 Å². The summed E-state index contributed by atoms with van der Waals surface area (Å²) in [5.41, 5.74) is 2.84. The van der Waals surface area contributed by atoms with Crippen molar-refractivity contribution < 1.29 is 14.4 Å². The van der Waals surface area contributed by atoms with Crippen LogP contribution in [-0.2, 0) is 16.1 Å². The molecule has 6 nitrogen and oxygen atoms in total. The normalized spacial score (nSPS) is 18.1. The Morgan fingerprint density at radius 3 is 2.20 bits per heavy atom. The number of carbonyl (C=O) groups excluding carboxylic acids is 3. The van der Waals surface area contributed by atoms with E-state index in [9.17, 15) is 14.4 Å². The van der Waals surface area contributed by atoms with Gasteiger partial charge in [-0.1, -0.05) is 48.0 Å². The molecule has 156 valence electrons. The number of aryl methyl sites for hydroxylation is 1. The van der Waals surface area contributed by atoms with E-state index in [2.05, 4.69) is 0 Å². The minimum absolute atomic E-state index is 0.0161. The second-order valence-corrected chi connectivity index (χ2v) is 8.10. The van der Waals surface area contributed by atoms with Crippen molar-refractivity contribution in [3.63, 3.8) is 0 Å². The summed E-state index contributed by atoms with van der Waals surface area (Å²) in [6.07, 6.45) is 1.41. The van der Waals surface area contributed by atoms with Crippen LogP contribution >= 0.6 is 0 Å². The molecule has 6 heteroatoms. The van der Waals surface area contributed by atoms with Gasteiger partial charge in [0, 0.05) is 44.3 Å². The molecule has 0 saturated carbocycles. The lowest BCUT2D eigenvalue weighted by Crippen LogP contribution is -2.59. The van der Waals surface area contributed by atoms with E-state index in [0.717, 1.165) is 11.1 Å². The zero-order valence-corrected chi connectivity index (χ0v) is 17.3. The summed E-state index contributed by atoms with van der Waals surface area (Å²) in [4.78, 5) is 43.3. The first-order valence-corrected chi connectivity index (χ1v) is 10.5. The smallest absolute Gasteiger partial charge is 0.312 e. The predicted molar refractivity (Wildman–Crippen MR) is 114 cm³/mol. The first kappa shape index (κ1) is 20.1. The van der Waals surface area contributed by atoms with Gasteiger partial charge in [0.2, 0.25) is 0 Å². The van der Waals surface area contributed by atoms with Gasteiger partial charge in [0.1, 0.15) is 0 Å². The van der Waals surface area contributed by atoms with Crippen molar-refractivity contribution in [2.24, 2.45) is 0 Å². The fraction of sp³-hybridized carbons (Fsp3) is 0.375. The average molecular weight is 405 g/mol. The summed E-state index contributed by atoms with van der Waals surface area (Å²) < 4.78 is 0. The SMILES string of the molecule is Cc1ccc(C(=O)N2CCC(N3CCN(Cc4ccccc4)C(=O)C3=O)CC2)cc1. The van der Waals surface area contributed by atoms with E-state index >= 15 is 0 Å². The van der Waals surface area contributed by atoms with Crippen LogP contribution in [0, 0.1) is 6.92 Å². The molecule has 0 bridgehead atoms. The number of piperazine rings is 1. The summed E-state index contributed by atoms with van der Waals surface area (Å²) in [5, 5.41) is 0. The molecule has 0 atom stereocenters. The predicted octanol–water partition coefficient (Wildman–Crippen LogP) is 2.47. The van der Waals surface area contributed by atoms with Crippen molar-refractivity contribution in [3.05, 3.63) is 71.3 Å². The molecule has 2 heterocycles. The fourth-order valence-electron chi connectivity index (χ4n) is 4.25. The molecular formula is C24H27N3O3. The molecule has 2 aliphatic rings. The van der Waals surface area contributed by atoms with Gasteiger partial charge in [-0.3, -0.25) is 14.4 Å². The van der Waals surface area contributed by atoms with Gasteiger partial charge in [-0.2, -0.15) is 0 Å². The maximum absolute atomic E-state index is 12.7. The van der Waals surface area contributed by atoms with Gasteiger partial charge in [0.15, 0.2) is 0 Å². The lowest BCUT2D eigenvalue weighted by atomic mass is 10.0. The highest BCUT2D eigenvalue weighted by atomic mass is 16.2. The fourth-order valence-corrected chi connectivity index (χ4v) is 4.25. The van der Waals surface area contributed by atoms with E-state index in [1.807, 2.05) is 66.4 Å². The number of hydrogen-bond acceptors (Lipinski definition) is 3. The van der Waals surface area contributed by atoms with E-state index in [-0.39, 0.29) is 11.9 Å². The first-order valence-electron chi connectivity index (χ1n) is 10.5. The second-order valence-electron chi connectivity index (χ2n) is 8.10. The van der Waals surface area contributed by atoms with E-state index in [0.29, 0.717) is 51.1 Å². The quantitative estimate of drug-likeness (QED) is 0.735. The van der Waals surface area contributed by atoms with Crippen molar-refractivity contribution in [2.45, 2.75) is 32.4 Å². The second kappa shape index (κ2) is 8.69. The number of benzene rings is 2. The molecule has 2 aliphatic heterocycles. The van der Waals surface area contributed by atoms with Gasteiger partial charge in [0.05, 0.1) is 0 Å². The zero-order valence-electron chi connectivity index (χ0n) is 17.3. The number of piperidine rings is 1. The zero-order chi connectivity index (χ0) is 21.1. The third-order valence-electron chi connectivity index (χ3n) is 6.05. The van der Waals surface area contributed by atoms with Crippen molar-refractivity contribution in [2.75, 3.05) is 26.2 Å². The van der Waals surface area contributed by atoms with E-state index < -0.39 is 11.8 Å². The van der Waals surface area contributed by atoms with Gasteiger partial charge in [-0.15, -0.1) is 0 Å². The molecule has 2 fully saturated rings. The number of rotatable bonds is 4. The highest BCUT2D eigenvalue weighted by Gasteiger charge is 2.38. The monoisotopic (exact) mass is 405 g/mol. The van der Waals surface area contributed by atoms with Gasteiger partial charge in [-0.05, 0) is 37.5 Å². The molecule has 0 radical (unpaired) electrons. The average Bonchev–Trinajstić information content (AvgIpc) is 2.78. The highest BCUT2D eigenvalue weighted by Crippen LogP contribution is 2.22. The standard InChI is InChI=1S/C24H27N3O3/c1-18-7-9-20(10-8-18)22(28)25-13-11-21(12-14-25)27-16-15-26(23(29)24(27)30)17-19-5-3-2-4-6-19/h2-10,21H,11-17H2,1H3. The summed E-state index contributed by atoms with van der Waals surface area (Å²) in [6, 6.07) is 17.4. The Labute approximate surface area is 177 Å². The Balaban J connectivity index is 1.33. The number of carbonyl (C=O) groups is 3. The molecule has 2 aromatic carbocycles. The molecule has 0 spiro atoms. The van der Waals surface area contributed by atoms with Crippen LogP contribution in [0.15, 0.2) is 54.6 Å². The van der Waals surface area contributed by atoms with Crippen molar-refractivity contribution in [1.82, 2.24) is 14.7 Å². The Bertz CT molecular complexity index is 918. The summed E-state index contributed by atoms with van der Waals surface area (Å²) in [6.45, 7) is 4.75. The summed E-state index contributed by atoms with van der Waals surface area (Å²) in [5.74, 6) is -0.813. The number of hydrogen-bond donors (Lipinski definition) is 0. The van der Waals surface area contributed by atoms with Gasteiger partial charge >= 0.3 is 11.8 Å². The van der Waals surface area contributed by atoms with Crippen LogP contribution in [0.1, 0.15) is 34.3 Å². The minimum atomic E-state index is -0.428. The van der Waals surface area contributed by atoms with Gasteiger partial charge in [-0.25, -0.2) is 0 Å². The first-order chi connectivity index (χ1) is 14.5. The van der Waals surface area contributed by atoms with Crippen LogP contribution in [0.25, 0.3) is 0 Å². The molecule has 3 amide bonds. The summed E-state index contributed by atoms with van der Waals surface area (Å²) >= 11 is 0. The van der Waals surface area contributed by atoms with Crippen molar-refractivity contribution >= 4 is 17.7 Å². The summed E-state index contributed by atoms with van der Waals surface area (Å²) in [7, 11) is 0. The highest BCUT2D eigenvalue weighted by molar-refractivity contribution is 6.35. The molecule has 0 aliphatic carbocycles. The molecule has 0 unspecified atom stereocenters. The van der Waals surface area contributed by atoms with Crippen LogP contribution in [-0.4, -0.2) is 64.6 Å². The van der Waals surface area contributed by atoms with Gasteiger partial charge in [0.25, 0.3) is 5.91 Å². The van der Waals surface area contributed by atoms with Gasteiger partial charge < -0.3 is 14.7 Å². The topological polar surface area (TPSA) is 60.9 Å². The molecule has 0 N–H and O–H groups in total. The largest absolute Gasteiger partial charge is 0.338 e. The Morgan fingerprint density at radius 1 is 0.867 bits per heavy atom. The Morgan fingerprint density at radius 2 is 1.53 bits per heavy atom. The third-order valence-corrected chi connectivity index (χ3v) is 6.05. The number of nitrogens with zero attached hydrogens (tertiary/aromatic N) is 3. The van der Waals surface area contributed by atoms with E-state index in [4.69, 9.17) is 0 Å². The van der Waals surface area contributed by atoms with E-state index in [1.54, 1.807) is 9.80 Å². The van der Waals surface area contributed by atoms with E-state index in [1.165, 1.54) is 0 Å². The molecule has 0 aromatic heterocycles. The lowest BCUT2D eigenvalue weighted by Gasteiger charge is -2.42. The molecule has 2 saturated heterocycles. The Kier molecular flexibility index (Phi) is 5.84. The molecule has 30 heavy (non-hydrogen) atoms. The van der Waals surface area contributed by atoms with Crippen molar-refractivity contribution in [3.8, 4) is 0 Å². The Hall–Kier alpha value is -3.15. The van der Waals surface area contributed by atoms with Crippen LogP contribution in [0.2, 0.25) is 0 Å². The third kappa shape index (κ3) is 4.22. The van der Waals surface area contributed by atoms with Crippen LogP contribution in [0.5, 0.6) is 0 Å². The van der Waals surface area contributed by atoms with Crippen molar-refractivity contribution in [1.29, 1.82) is 0 Å². The maximum atomic E-state index is 12.7. The maximum Gasteiger partial charge on any atom is 0.312 e. The molecular weight excluding hydrogens is 378 g/mol. The van der Waals surface area contributed by atoms with Crippen LogP contribution in [0.4, 0.5) is 0 Å². The minimum Gasteiger partial charge on any atom is -0.338 e.